The molecule has 0 aliphatic rings. The summed E-state index contributed by atoms with van der Waals surface area (Å²) in [6, 6.07) is 34.4. The quantitative estimate of drug-likeness (QED) is 0.0535. The second-order valence-electron chi connectivity index (χ2n) is 10.8. The first kappa shape index (κ1) is 31.2. The second-order valence-corrected chi connectivity index (χ2v) is 12.3. The summed E-state index contributed by atoms with van der Waals surface area (Å²) < 4.78 is 31.5. The molecule has 0 aliphatic carbocycles. The molecule has 0 unspecified atom stereocenters. The highest BCUT2D eigenvalue weighted by Crippen LogP contribution is 2.26. The predicted molar refractivity (Wildman–Crippen MR) is 182 cm³/mol. The molecule has 0 aromatic heterocycles. The van der Waals surface area contributed by atoms with Crippen LogP contribution in [-0.4, -0.2) is 13.0 Å². The molecule has 230 valence electrons. The molecule has 0 atom stereocenters. The molecule has 0 saturated heterocycles. The van der Waals surface area contributed by atoms with Gasteiger partial charge in [0.25, 0.3) is 10.1 Å². The molecule has 0 fully saturated rings. The normalized spacial score (nSPS) is 11.4. The van der Waals surface area contributed by atoms with Gasteiger partial charge in [0.15, 0.2) is 0 Å². The van der Waals surface area contributed by atoms with Gasteiger partial charge in [-0.05, 0) is 116 Å². The zero-order valence-electron chi connectivity index (χ0n) is 25.4. The van der Waals surface area contributed by atoms with Gasteiger partial charge < -0.3 is 21.5 Å². The number of hydrogen-bond acceptors (Lipinski definition) is 8. The first-order valence-electron chi connectivity index (χ1n) is 14.5. The molecule has 5 rings (SSSR count). The van der Waals surface area contributed by atoms with Crippen LogP contribution in [0.2, 0.25) is 0 Å². The van der Waals surface area contributed by atoms with E-state index in [1.807, 2.05) is 37.3 Å². The van der Waals surface area contributed by atoms with E-state index in [0.29, 0.717) is 17.9 Å². The molecule has 5 N–H and O–H groups in total. The van der Waals surface area contributed by atoms with Crippen molar-refractivity contribution in [3.05, 3.63) is 137 Å². The fourth-order valence-corrected chi connectivity index (χ4v) is 5.03. The number of aryl methyl sites for hydroxylation is 3. The molecular weight excluding hydrogens is 584 g/mol. The van der Waals surface area contributed by atoms with Gasteiger partial charge in [0.05, 0.1) is 27.6 Å². The first-order chi connectivity index (χ1) is 21.6. The van der Waals surface area contributed by atoms with Crippen molar-refractivity contribution in [3.8, 4) is 0 Å². The monoisotopic (exact) mass is 620 g/mol. The highest BCUT2D eigenvalue weighted by atomic mass is 32.2. The van der Waals surface area contributed by atoms with Gasteiger partial charge in [-0.25, -0.2) is 0 Å². The van der Waals surface area contributed by atoms with Gasteiger partial charge in [0.2, 0.25) is 0 Å². The lowest BCUT2D eigenvalue weighted by atomic mass is 10.1. The van der Waals surface area contributed by atoms with Crippen LogP contribution >= 0.6 is 0 Å². The van der Waals surface area contributed by atoms with Gasteiger partial charge >= 0.3 is 0 Å². The maximum atomic E-state index is 11.2. The third kappa shape index (κ3) is 8.91. The Bertz CT molecular complexity index is 1890. The maximum Gasteiger partial charge on any atom is 0.294 e. The van der Waals surface area contributed by atoms with Gasteiger partial charge in [0, 0.05) is 24.5 Å². The van der Waals surface area contributed by atoms with E-state index in [4.69, 9.17) is 4.55 Å². The number of hydrazine groups is 1. The van der Waals surface area contributed by atoms with Crippen LogP contribution in [0, 0.1) is 20.8 Å². The van der Waals surface area contributed by atoms with Crippen molar-refractivity contribution in [2.24, 2.45) is 10.2 Å². The van der Waals surface area contributed by atoms with E-state index in [2.05, 4.69) is 100 Å². The second kappa shape index (κ2) is 14.1. The Labute approximate surface area is 264 Å². The van der Waals surface area contributed by atoms with Crippen molar-refractivity contribution in [1.29, 1.82) is 0 Å². The Morgan fingerprint density at radius 3 is 1.71 bits per heavy atom. The SMILES string of the molecule is Cc1ccc(NNc2ccc(NCc3ccc(CNc4ccc(N=Nc5ccc(S(=O)(=O)O)cc5)c(C)c4)cc3)cc2C)cc1. The Hall–Kier alpha value is -5.19. The number of hydrogen-bond donors (Lipinski definition) is 5. The van der Waals surface area contributed by atoms with Gasteiger partial charge in [-0.1, -0.05) is 42.0 Å². The van der Waals surface area contributed by atoms with E-state index in [9.17, 15) is 8.42 Å². The number of nitrogens with one attached hydrogen (secondary N) is 4. The fourth-order valence-electron chi connectivity index (χ4n) is 4.55. The molecule has 0 saturated carbocycles. The summed E-state index contributed by atoms with van der Waals surface area (Å²) >= 11 is 0. The van der Waals surface area contributed by atoms with Crippen LogP contribution in [0.25, 0.3) is 0 Å². The van der Waals surface area contributed by atoms with Crippen molar-refractivity contribution < 1.29 is 13.0 Å². The predicted octanol–water partition coefficient (Wildman–Crippen LogP) is 8.94. The standard InChI is InChI=1S/C35H36N6O3S/c1-24-4-10-29(11-5-24)38-40-34-18-14-31(20-25(34)2)36-22-27-6-8-28(9-7-27)23-37-32-15-19-35(26(3)21-32)41-39-30-12-16-33(17-13-30)45(42,43)44/h4-21,36-38,40H,22-23H2,1-3H3,(H,42,43,44). The van der Waals surface area contributed by atoms with E-state index < -0.39 is 10.1 Å². The summed E-state index contributed by atoms with van der Waals surface area (Å²) in [7, 11) is -4.24. The number of nitrogens with zero attached hydrogens (tertiary/aromatic N) is 2. The summed E-state index contributed by atoms with van der Waals surface area (Å²) in [4.78, 5) is -0.184. The highest BCUT2D eigenvalue weighted by molar-refractivity contribution is 7.85. The minimum Gasteiger partial charge on any atom is -0.381 e. The number of anilines is 4. The molecule has 0 aliphatic heterocycles. The smallest absolute Gasteiger partial charge is 0.294 e. The average Bonchev–Trinajstić information content (AvgIpc) is 3.03. The summed E-state index contributed by atoms with van der Waals surface area (Å²) in [5, 5.41) is 15.4. The minimum absolute atomic E-state index is 0.184. The van der Waals surface area contributed by atoms with E-state index in [1.54, 1.807) is 0 Å². The molecule has 0 spiro atoms. The zero-order chi connectivity index (χ0) is 31.8. The van der Waals surface area contributed by atoms with Crippen molar-refractivity contribution in [2.75, 3.05) is 21.5 Å². The molecule has 0 heterocycles. The molecule has 0 amide bonds. The average molecular weight is 621 g/mol. The molecule has 5 aromatic carbocycles. The lowest BCUT2D eigenvalue weighted by Crippen LogP contribution is -2.10. The summed E-state index contributed by atoms with van der Waals surface area (Å²) in [6.07, 6.45) is 0. The van der Waals surface area contributed by atoms with E-state index in [-0.39, 0.29) is 4.90 Å². The summed E-state index contributed by atoms with van der Waals surface area (Å²) in [5.41, 5.74) is 17.5. The van der Waals surface area contributed by atoms with Gasteiger partial charge in [-0.2, -0.15) is 18.6 Å². The molecule has 0 radical (unpaired) electrons. The van der Waals surface area contributed by atoms with Gasteiger partial charge in [-0.15, -0.1) is 0 Å². The molecule has 9 nitrogen and oxygen atoms in total. The molecule has 5 aromatic rings. The highest BCUT2D eigenvalue weighted by Gasteiger charge is 2.08. The summed E-state index contributed by atoms with van der Waals surface area (Å²) in [5.74, 6) is 0. The molecule has 10 heteroatoms. The Balaban J connectivity index is 1.09. The van der Waals surface area contributed by atoms with E-state index in [0.717, 1.165) is 40.4 Å². The number of azo groups is 1. The van der Waals surface area contributed by atoms with Crippen molar-refractivity contribution in [2.45, 2.75) is 38.8 Å². The lowest BCUT2D eigenvalue weighted by Gasteiger charge is -2.14. The lowest BCUT2D eigenvalue weighted by molar-refractivity contribution is 0.483. The number of benzene rings is 5. The van der Waals surface area contributed by atoms with Crippen LogP contribution in [0.5, 0.6) is 0 Å². The largest absolute Gasteiger partial charge is 0.381 e. The van der Waals surface area contributed by atoms with Crippen LogP contribution in [0.15, 0.2) is 124 Å². The van der Waals surface area contributed by atoms with Gasteiger partial charge in [0.1, 0.15) is 0 Å². The summed E-state index contributed by atoms with van der Waals surface area (Å²) in [6.45, 7) is 7.52. The fraction of sp³-hybridized carbons (Fsp3) is 0.143. The van der Waals surface area contributed by atoms with Gasteiger partial charge in [-0.3, -0.25) is 4.55 Å². The van der Waals surface area contributed by atoms with Crippen LogP contribution in [0.3, 0.4) is 0 Å². The Kier molecular flexibility index (Phi) is 9.76. The third-order valence-electron chi connectivity index (χ3n) is 7.24. The van der Waals surface area contributed by atoms with Crippen molar-refractivity contribution in [1.82, 2.24) is 0 Å². The Morgan fingerprint density at radius 1 is 0.600 bits per heavy atom. The topological polar surface area (TPSA) is 127 Å². The number of rotatable bonds is 12. The van der Waals surface area contributed by atoms with Crippen molar-refractivity contribution >= 4 is 44.2 Å². The minimum atomic E-state index is -4.24. The Morgan fingerprint density at radius 2 is 1.16 bits per heavy atom. The van der Waals surface area contributed by atoms with E-state index >= 15 is 0 Å². The zero-order valence-corrected chi connectivity index (χ0v) is 26.2. The molecular formula is C35H36N6O3S. The third-order valence-corrected chi connectivity index (χ3v) is 8.11. The van der Waals surface area contributed by atoms with Crippen LogP contribution in [0.1, 0.15) is 27.8 Å². The van der Waals surface area contributed by atoms with Crippen LogP contribution in [-0.2, 0) is 23.2 Å². The molecule has 0 bridgehead atoms. The first-order valence-corrected chi connectivity index (χ1v) is 15.9. The maximum absolute atomic E-state index is 11.2. The van der Waals surface area contributed by atoms with Crippen LogP contribution < -0.4 is 21.5 Å². The van der Waals surface area contributed by atoms with Crippen molar-refractivity contribution in [3.63, 3.8) is 0 Å². The molecule has 45 heavy (non-hydrogen) atoms. The van der Waals surface area contributed by atoms with Crippen LogP contribution in [0.4, 0.5) is 34.1 Å². The van der Waals surface area contributed by atoms with E-state index in [1.165, 1.54) is 41.0 Å².